The smallest absolute Gasteiger partial charge is 0.243 e. The lowest BCUT2D eigenvalue weighted by molar-refractivity contribution is -0.117. The standard InChI is InChI=1S/C11H21NO2/c1-5-6-10(13)12-8-11(4,14)7-9(2)3/h5-6,9,14H,7-8H2,1-4H3,(H,12,13). The van der Waals surface area contributed by atoms with E-state index in [9.17, 15) is 9.90 Å². The maximum absolute atomic E-state index is 11.1. The molecule has 0 radical (unpaired) electrons. The second-order valence-corrected chi connectivity index (χ2v) is 4.31. The molecule has 0 fully saturated rings. The summed E-state index contributed by atoms with van der Waals surface area (Å²) < 4.78 is 0. The lowest BCUT2D eigenvalue weighted by atomic mass is 9.94. The molecule has 0 aromatic rings. The quantitative estimate of drug-likeness (QED) is 0.659. The molecule has 0 heterocycles. The number of allylic oxidation sites excluding steroid dienone is 1. The Morgan fingerprint density at radius 1 is 1.57 bits per heavy atom. The van der Waals surface area contributed by atoms with Gasteiger partial charge in [-0.3, -0.25) is 4.79 Å². The van der Waals surface area contributed by atoms with E-state index >= 15 is 0 Å². The third-order valence-corrected chi connectivity index (χ3v) is 1.81. The van der Waals surface area contributed by atoms with E-state index in [1.807, 2.05) is 13.8 Å². The van der Waals surface area contributed by atoms with E-state index in [4.69, 9.17) is 0 Å². The van der Waals surface area contributed by atoms with Crippen molar-refractivity contribution in [2.45, 2.75) is 39.7 Å². The molecule has 0 aliphatic heterocycles. The predicted octanol–water partition coefficient (Wildman–Crippen LogP) is 1.48. The molecule has 0 saturated heterocycles. The van der Waals surface area contributed by atoms with Crippen LogP contribution in [-0.2, 0) is 4.79 Å². The third-order valence-electron chi connectivity index (χ3n) is 1.81. The predicted molar refractivity (Wildman–Crippen MR) is 57.9 cm³/mol. The molecule has 0 saturated carbocycles. The van der Waals surface area contributed by atoms with Gasteiger partial charge in [-0.25, -0.2) is 0 Å². The fraction of sp³-hybridized carbons (Fsp3) is 0.727. The summed E-state index contributed by atoms with van der Waals surface area (Å²) in [5.74, 6) is 0.264. The number of rotatable bonds is 5. The monoisotopic (exact) mass is 199 g/mol. The third kappa shape index (κ3) is 6.66. The van der Waals surface area contributed by atoms with Crippen LogP contribution in [-0.4, -0.2) is 23.2 Å². The average molecular weight is 199 g/mol. The first kappa shape index (κ1) is 13.2. The molecule has 1 unspecified atom stereocenters. The molecule has 14 heavy (non-hydrogen) atoms. The van der Waals surface area contributed by atoms with Gasteiger partial charge in [0.05, 0.1) is 5.60 Å². The molecule has 0 rings (SSSR count). The minimum atomic E-state index is -0.814. The van der Waals surface area contributed by atoms with Crippen molar-refractivity contribution in [3.05, 3.63) is 12.2 Å². The molecule has 1 atom stereocenters. The van der Waals surface area contributed by atoms with Gasteiger partial charge in [0.15, 0.2) is 0 Å². The van der Waals surface area contributed by atoms with Crippen molar-refractivity contribution in [1.82, 2.24) is 5.32 Å². The molecule has 0 aromatic carbocycles. The summed E-state index contributed by atoms with van der Waals surface area (Å²) >= 11 is 0. The Morgan fingerprint density at radius 2 is 2.14 bits per heavy atom. The Hall–Kier alpha value is -0.830. The number of carbonyl (C=O) groups excluding carboxylic acids is 1. The van der Waals surface area contributed by atoms with E-state index in [0.717, 1.165) is 0 Å². The van der Waals surface area contributed by atoms with Gasteiger partial charge in [0.25, 0.3) is 0 Å². The fourth-order valence-electron chi connectivity index (χ4n) is 1.44. The average Bonchev–Trinajstić information content (AvgIpc) is 1.99. The number of hydrogen-bond donors (Lipinski definition) is 2. The van der Waals surface area contributed by atoms with Crippen molar-refractivity contribution in [3.8, 4) is 0 Å². The Morgan fingerprint density at radius 3 is 2.57 bits per heavy atom. The maximum Gasteiger partial charge on any atom is 0.243 e. The van der Waals surface area contributed by atoms with Crippen LogP contribution < -0.4 is 5.32 Å². The van der Waals surface area contributed by atoms with Gasteiger partial charge >= 0.3 is 0 Å². The largest absolute Gasteiger partial charge is 0.388 e. The second kappa shape index (κ2) is 5.81. The lowest BCUT2D eigenvalue weighted by Crippen LogP contribution is -2.40. The molecule has 1 amide bonds. The van der Waals surface area contributed by atoms with Gasteiger partial charge in [-0.2, -0.15) is 0 Å². The summed E-state index contributed by atoms with van der Waals surface area (Å²) in [5.41, 5.74) is -0.814. The highest BCUT2D eigenvalue weighted by Crippen LogP contribution is 2.14. The first-order chi connectivity index (χ1) is 6.37. The van der Waals surface area contributed by atoms with Gasteiger partial charge in [-0.1, -0.05) is 19.9 Å². The topological polar surface area (TPSA) is 49.3 Å². The van der Waals surface area contributed by atoms with Crippen LogP contribution in [0.2, 0.25) is 0 Å². The minimum absolute atomic E-state index is 0.156. The van der Waals surface area contributed by atoms with Crippen LogP contribution in [0.4, 0.5) is 0 Å². The van der Waals surface area contributed by atoms with Crippen LogP contribution in [0, 0.1) is 5.92 Å². The van der Waals surface area contributed by atoms with Gasteiger partial charge in [0.2, 0.25) is 5.91 Å². The highest BCUT2D eigenvalue weighted by molar-refractivity contribution is 5.87. The number of nitrogens with one attached hydrogen (secondary N) is 1. The maximum atomic E-state index is 11.1. The SMILES string of the molecule is CC=CC(=O)NCC(C)(O)CC(C)C. The number of aliphatic hydroxyl groups is 1. The van der Waals surface area contributed by atoms with Gasteiger partial charge in [-0.15, -0.1) is 0 Å². The Labute approximate surface area is 86.2 Å². The van der Waals surface area contributed by atoms with E-state index in [2.05, 4.69) is 5.32 Å². The highest BCUT2D eigenvalue weighted by Gasteiger charge is 2.21. The molecule has 0 aliphatic carbocycles. The Bertz CT molecular complexity index is 207. The Balaban J connectivity index is 3.92. The molecule has 3 nitrogen and oxygen atoms in total. The molecule has 0 spiro atoms. The van der Waals surface area contributed by atoms with Gasteiger partial charge in [0.1, 0.15) is 0 Å². The van der Waals surface area contributed by atoms with E-state index in [0.29, 0.717) is 18.9 Å². The van der Waals surface area contributed by atoms with E-state index in [-0.39, 0.29) is 5.91 Å². The van der Waals surface area contributed by atoms with Crippen molar-refractivity contribution in [1.29, 1.82) is 0 Å². The summed E-state index contributed by atoms with van der Waals surface area (Å²) in [6.07, 6.45) is 3.81. The van der Waals surface area contributed by atoms with Crippen molar-refractivity contribution in [2.75, 3.05) is 6.54 Å². The molecule has 3 heteroatoms. The summed E-state index contributed by atoms with van der Waals surface area (Å²) in [4.78, 5) is 11.1. The molecule has 2 N–H and O–H groups in total. The van der Waals surface area contributed by atoms with Crippen molar-refractivity contribution in [3.63, 3.8) is 0 Å². The minimum Gasteiger partial charge on any atom is -0.388 e. The van der Waals surface area contributed by atoms with Gasteiger partial charge in [0, 0.05) is 6.54 Å². The fourth-order valence-corrected chi connectivity index (χ4v) is 1.44. The van der Waals surface area contributed by atoms with E-state index in [1.54, 1.807) is 19.9 Å². The van der Waals surface area contributed by atoms with Crippen LogP contribution in [0.3, 0.4) is 0 Å². The summed E-state index contributed by atoms with van der Waals surface area (Å²) in [6, 6.07) is 0. The molecular weight excluding hydrogens is 178 g/mol. The van der Waals surface area contributed by atoms with Gasteiger partial charge < -0.3 is 10.4 Å². The zero-order chi connectivity index (χ0) is 11.2. The Kier molecular flexibility index (Phi) is 5.46. The summed E-state index contributed by atoms with van der Waals surface area (Å²) in [6.45, 7) is 7.91. The number of hydrogen-bond acceptors (Lipinski definition) is 2. The van der Waals surface area contributed by atoms with Crippen LogP contribution in [0.25, 0.3) is 0 Å². The van der Waals surface area contributed by atoms with E-state index in [1.165, 1.54) is 6.08 Å². The van der Waals surface area contributed by atoms with Crippen molar-refractivity contribution < 1.29 is 9.90 Å². The zero-order valence-electron chi connectivity index (χ0n) is 9.50. The van der Waals surface area contributed by atoms with Crippen molar-refractivity contribution in [2.24, 2.45) is 5.92 Å². The van der Waals surface area contributed by atoms with Crippen LogP contribution in [0.1, 0.15) is 34.1 Å². The van der Waals surface area contributed by atoms with Crippen LogP contribution >= 0.6 is 0 Å². The molecule has 82 valence electrons. The number of carbonyl (C=O) groups is 1. The van der Waals surface area contributed by atoms with E-state index < -0.39 is 5.60 Å². The van der Waals surface area contributed by atoms with Crippen molar-refractivity contribution >= 4 is 5.91 Å². The highest BCUT2D eigenvalue weighted by atomic mass is 16.3. The summed E-state index contributed by atoms with van der Waals surface area (Å²) in [7, 11) is 0. The lowest BCUT2D eigenvalue weighted by Gasteiger charge is -2.25. The molecular formula is C11H21NO2. The molecule has 0 bridgehead atoms. The normalized spacial score (nSPS) is 15.9. The molecule has 0 aromatic heterocycles. The van der Waals surface area contributed by atoms with Gasteiger partial charge in [-0.05, 0) is 32.3 Å². The second-order valence-electron chi connectivity index (χ2n) is 4.31. The number of amides is 1. The first-order valence-electron chi connectivity index (χ1n) is 5.00. The molecule has 0 aliphatic rings. The summed E-state index contributed by atoms with van der Waals surface area (Å²) in [5, 5.41) is 12.5. The first-order valence-corrected chi connectivity index (χ1v) is 5.00. The van der Waals surface area contributed by atoms with Crippen LogP contribution in [0.5, 0.6) is 0 Å². The zero-order valence-corrected chi connectivity index (χ0v) is 9.50. The van der Waals surface area contributed by atoms with Crippen LogP contribution in [0.15, 0.2) is 12.2 Å².